The van der Waals surface area contributed by atoms with Crippen LogP contribution in [0.3, 0.4) is 0 Å². The largest absolute Gasteiger partial charge is 0.363 e. The highest BCUT2D eigenvalue weighted by atomic mass is 32.2. The molecule has 0 aliphatic heterocycles. The van der Waals surface area contributed by atoms with E-state index in [1.165, 1.54) is 17.1 Å². The van der Waals surface area contributed by atoms with Gasteiger partial charge in [-0.2, -0.15) is 0 Å². The van der Waals surface area contributed by atoms with Gasteiger partial charge in [0, 0.05) is 20.0 Å². The topological polar surface area (TPSA) is 102 Å². The number of hydrogen-bond donors (Lipinski definition) is 0. The molecule has 1 aromatic heterocycles. The zero-order valence-corrected chi connectivity index (χ0v) is 14.1. The molecule has 1 heterocycles. The first-order valence-corrected chi connectivity index (χ1v) is 8.19. The summed E-state index contributed by atoms with van der Waals surface area (Å²) in [4.78, 5) is 8.08. The summed E-state index contributed by atoms with van der Waals surface area (Å²) in [6.07, 6.45) is 0. The van der Waals surface area contributed by atoms with Crippen molar-refractivity contribution in [3.8, 4) is 0 Å². The quantitative estimate of drug-likeness (QED) is 0.618. The van der Waals surface area contributed by atoms with Gasteiger partial charge in [0.2, 0.25) is 10.0 Å². The number of aryl methyl sites for hydroxylation is 2. The molecule has 0 saturated heterocycles. The standard InChI is InChI=1S/C14H17N6O2S/c1-10-9-11(2)16-14(15-10)18-23(21,22)13-7-5-12(6-8-13)17-19-20(3)4/h5-9H,1-4H3/q-1. The molecular weight excluding hydrogens is 316 g/mol. The summed E-state index contributed by atoms with van der Waals surface area (Å²) in [5.74, 6) is -0.0705. The molecule has 0 bridgehead atoms. The highest BCUT2D eigenvalue weighted by molar-refractivity contribution is 7.94. The molecule has 1 aromatic carbocycles. The molecule has 0 N–H and O–H groups in total. The third-order valence-corrected chi connectivity index (χ3v) is 3.92. The average Bonchev–Trinajstić information content (AvgIpc) is 2.44. The van der Waals surface area contributed by atoms with Crippen molar-refractivity contribution in [1.29, 1.82) is 0 Å². The van der Waals surface area contributed by atoms with Crippen LogP contribution in [0.25, 0.3) is 4.72 Å². The maximum absolute atomic E-state index is 12.3. The Hall–Kier alpha value is -2.55. The molecule has 0 atom stereocenters. The molecule has 2 aromatic rings. The molecule has 0 saturated carbocycles. The third-order valence-electron chi connectivity index (χ3n) is 2.65. The first-order valence-electron chi connectivity index (χ1n) is 6.75. The Morgan fingerprint density at radius 1 is 1.04 bits per heavy atom. The van der Waals surface area contributed by atoms with Crippen molar-refractivity contribution in [3.05, 3.63) is 46.4 Å². The minimum absolute atomic E-state index is 0.0454. The van der Waals surface area contributed by atoms with Crippen molar-refractivity contribution in [1.82, 2.24) is 15.0 Å². The summed E-state index contributed by atoms with van der Waals surface area (Å²) in [6, 6.07) is 7.70. The maximum atomic E-state index is 12.3. The Kier molecular flexibility index (Phi) is 4.89. The fraction of sp³-hybridized carbons (Fsp3) is 0.286. The smallest absolute Gasteiger partial charge is 0.229 e. The molecule has 9 heteroatoms. The Bertz CT molecular complexity index is 795. The Morgan fingerprint density at radius 3 is 2.13 bits per heavy atom. The fourth-order valence-corrected chi connectivity index (χ4v) is 2.62. The second kappa shape index (κ2) is 6.69. The van der Waals surface area contributed by atoms with E-state index >= 15 is 0 Å². The number of nitrogens with zero attached hydrogens (tertiary/aromatic N) is 6. The SMILES string of the molecule is Cc1cc(C)nc([N-]S(=O)(=O)c2ccc(N=NN(C)C)cc2)n1. The second-order valence-corrected chi connectivity index (χ2v) is 6.65. The number of hydrogen-bond acceptors (Lipinski definition) is 6. The van der Waals surface area contributed by atoms with E-state index in [0.29, 0.717) is 17.1 Å². The van der Waals surface area contributed by atoms with Crippen LogP contribution in [0.15, 0.2) is 45.6 Å². The molecule has 8 nitrogen and oxygen atoms in total. The van der Waals surface area contributed by atoms with Gasteiger partial charge in [-0.3, -0.25) is 9.73 Å². The monoisotopic (exact) mass is 333 g/mol. The third kappa shape index (κ3) is 4.71. The molecule has 0 unspecified atom stereocenters. The molecule has 122 valence electrons. The van der Waals surface area contributed by atoms with Gasteiger partial charge in [0.1, 0.15) is 0 Å². The van der Waals surface area contributed by atoms with Gasteiger partial charge < -0.3 is 9.97 Å². The van der Waals surface area contributed by atoms with Crippen LogP contribution in [0.2, 0.25) is 0 Å². The van der Waals surface area contributed by atoms with E-state index in [-0.39, 0.29) is 10.8 Å². The molecule has 0 fully saturated rings. The summed E-state index contributed by atoms with van der Waals surface area (Å²) in [5, 5.41) is 9.32. The van der Waals surface area contributed by atoms with E-state index in [0.717, 1.165) is 0 Å². The minimum atomic E-state index is -3.88. The lowest BCUT2D eigenvalue weighted by molar-refractivity contribution is 0.408. The Labute approximate surface area is 135 Å². The number of benzene rings is 1. The first kappa shape index (κ1) is 16.8. The van der Waals surface area contributed by atoms with Crippen molar-refractivity contribution in [2.75, 3.05) is 14.1 Å². The first-order chi connectivity index (χ1) is 10.8. The molecule has 2 rings (SSSR count). The summed E-state index contributed by atoms with van der Waals surface area (Å²) in [6.45, 7) is 3.51. The lowest BCUT2D eigenvalue weighted by Crippen LogP contribution is -2.00. The normalized spacial score (nSPS) is 11.7. The average molecular weight is 333 g/mol. The van der Waals surface area contributed by atoms with Gasteiger partial charge in [-0.25, -0.2) is 8.42 Å². The zero-order chi connectivity index (χ0) is 17.0. The van der Waals surface area contributed by atoms with Crippen molar-refractivity contribution < 1.29 is 8.42 Å². The predicted octanol–water partition coefficient (Wildman–Crippen LogP) is 3.05. The fourth-order valence-electron chi connectivity index (χ4n) is 1.73. The van der Waals surface area contributed by atoms with Crippen LogP contribution < -0.4 is 0 Å². The van der Waals surface area contributed by atoms with Gasteiger partial charge in [0.15, 0.2) is 0 Å². The van der Waals surface area contributed by atoms with Crippen molar-refractivity contribution in [2.45, 2.75) is 18.7 Å². The van der Waals surface area contributed by atoms with E-state index in [9.17, 15) is 8.42 Å². The van der Waals surface area contributed by atoms with Crippen molar-refractivity contribution in [2.24, 2.45) is 10.3 Å². The highest BCUT2D eigenvalue weighted by Gasteiger charge is 2.12. The summed E-state index contributed by atoms with van der Waals surface area (Å²) >= 11 is 0. The molecule has 0 aliphatic carbocycles. The van der Waals surface area contributed by atoms with Gasteiger partial charge in [0.25, 0.3) is 0 Å². The minimum Gasteiger partial charge on any atom is -0.363 e. The highest BCUT2D eigenvalue weighted by Crippen LogP contribution is 2.26. The van der Waals surface area contributed by atoms with Crippen LogP contribution in [0.1, 0.15) is 11.4 Å². The number of rotatable bonds is 5. The van der Waals surface area contributed by atoms with E-state index < -0.39 is 10.0 Å². The Balaban J connectivity index is 2.22. The molecule has 0 spiro atoms. The number of aromatic nitrogens is 2. The van der Waals surface area contributed by atoms with E-state index in [2.05, 4.69) is 25.0 Å². The van der Waals surface area contributed by atoms with Crippen molar-refractivity contribution in [3.63, 3.8) is 0 Å². The van der Waals surface area contributed by atoms with Crippen LogP contribution in [-0.2, 0) is 10.0 Å². The maximum Gasteiger partial charge on any atom is 0.229 e. The summed E-state index contributed by atoms with van der Waals surface area (Å²) in [5.41, 5.74) is 1.86. The van der Waals surface area contributed by atoms with Gasteiger partial charge in [-0.15, -0.1) is 5.11 Å². The molecule has 0 radical (unpaired) electrons. The van der Waals surface area contributed by atoms with Crippen LogP contribution in [0.4, 0.5) is 11.6 Å². The Morgan fingerprint density at radius 2 is 1.61 bits per heavy atom. The summed E-state index contributed by atoms with van der Waals surface area (Å²) < 4.78 is 28.3. The van der Waals surface area contributed by atoms with Gasteiger partial charge in [0.05, 0.1) is 10.6 Å². The van der Waals surface area contributed by atoms with E-state index in [1.54, 1.807) is 46.1 Å². The molecule has 0 aliphatic rings. The second-order valence-electron chi connectivity index (χ2n) is 5.05. The molecule has 0 amide bonds. The summed E-state index contributed by atoms with van der Waals surface area (Å²) in [7, 11) is -0.395. The predicted molar refractivity (Wildman–Crippen MR) is 86.4 cm³/mol. The number of sulfonamides is 1. The van der Waals surface area contributed by atoms with Crippen molar-refractivity contribution >= 4 is 21.7 Å². The van der Waals surface area contributed by atoms with Gasteiger partial charge in [-0.1, -0.05) is 11.3 Å². The lowest BCUT2D eigenvalue weighted by Gasteiger charge is -2.15. The van der Waals surface area contributed by atoms with Crippen LogP contribution in [-0.4, -0.2) is 37.5 Å². The van der Waals surface area contributed by atoms with Crippen LogP contribution in [0.5, 0.6) is 0 Å². The van der Waals surface area contributed by atoms with Gasteiger partial charge in [-0.05, 0) is 49.5 Å². The zero-order valence-electron chi connectivity index (χ0n) is 13.3. The van der Waals surface area contributed by atoms with Crippen LogP contribution in [0, 0.1) is 13.8 Å². The van der Waals surface area contributed by atoms with E-state index in [1.807, 2.05) is 0 Å². The van der Waals surface area contributed by atoms with E-state index in [4.69, 9.17) is 0 Å². The molecular formula is C14H17N6O2S-. The van der Waals surface area contributed by atoms with Gasteiger partial charge >= 0.3 is 0 Å². The molecule has 23 heavy (non-hydrogen) atoms. The lowest BCUT2D eigenvalue weighted by atomic mass is 10.3. The van der Waals surface area contributed by atoms with Crippen LogP contribution >= 0.6 is 0 Å².